The van der Waals surface area contributed by atoms with Crippen LogP contribution in [0.4, 0.5) is 0 Å². The maximum Gasteiger partial charge on any atom is 0.129 e. The molecule has 3 nitrogen and oxygen atoms in total. The highest BCUT2D eigenvalue weighted by atomic mass is 16.5. The Morgan fingerprint density at radius 3 is 2.75 bits per heavy atom. The molecule has 1 N–H and O–H groups in total. The number of para-hydroxylation sites is 1. The second-order valence-electron chi connectivity index (χ2n) is 3.81. The Hall–Kier alpha value is -1.77. The van der Waals surface area contributed by atoms with Gasteiger partial charge in [0.1, 0.15) is 5.75 Å². The van der Waals surface area contributed by atoms with Crippen LogP contribution in [-0.4, -0.2) is 12.4 Å². The van der Waals surface area contributed by atoms with Crippen LogP contribution in [0.25, 0.3) is 5.70 Å². The molecule has 0 fully saturated rings. The molecule has 0 spiro atoms. The number of rotatable bonds is 3. The molecule has 0 saturated heterocycles. The summed E-state index contributed by atoms with van der Waals surface area (Å²) in [4.78, 5) is 4.28. The lowest BCUT2D eigenvalue weighted by Gasteiger charge is -2.15. The van der Waals surface area contributed by atoms with Gasteiger partial charge in [-0.15, -0.1) is 0 Å². The van der Waals surface area contributed by atoms with Gasteiger partial charge in [0.2, 0.25) is 0 Å². The normalized spacial score (nSPS) is 14.6. The third kappa shape index (κ3) is 2.42. The molecular weight excluding hydrogens is 200 g/mol. The van der Waals surface area contributed by atoms with E-state index in [1.165, 1.54) is 0 Å². The van der Waals surface area contributed by atoms with Gasteiger partial charge < -0.3 is 10.1 Å². The fraction of sp³-hybridized carbons (Fsp3) is 0.231. The van der Waals surface area contributed by atoms with Crippen molar-refractivity contribution in [3.05, 3.63) is 42.4 Å². The van der Waals surface area contributed by atoms with E-state index in [-0.39, 0.29) is 6.10 Å². The topological polar surface area (TPSA) is 33.6 Å². The van der Waals surface area contributed by atoms with Crippen molar-refractivity contribution < 1.29 is 4.74 Å². The predicted octanol–water partition coefficient (Wildman–Crippen LogP) is 2.61. The summed E-state index contributed by atoms with van der Waals surface area (Å²) in [7, 11) is 0. The van der Waals surface area contributed by atoms with E-state index in [4.69, 9.17) is 4.74 Å². The van der Waals surface area contributed by atoms with E-state index in [1.54, 1.807) is 6.34 Å². The lowest BCUT2D eigenvalue weighted by Crippen LogP contribution is -2.11. The van der Waals surface area contributed by atoms with Crippen molar-refractivity contribution >= 4 is 12.0 Å². The van der Waals surface area contributed by atoms with Gasteiger partial charge in [0.05, 0.1) is 24.7 Å². The van der Waals surface area contributed by atoms with E-state index in [0.717, 1.165) is 17.0 Å². The summed E-state index contributed by atoms with van der Waals surface area (Å²) in [5.41, 5.74) is 1.93. The molecule has 1 radical (unpaired) electrons. The molecule has 1 aromatic carbocycles. The van der Waals surface area contributed by atoms with Crippen LogP contribution in [0.5, 0.6) is 5.75 Å². The molecule has 1 aliphatic rings. The summed E-state index contributed by atoms with van der Waals surface area (Å²) < 4.78 is 5.75. The van der Waals surface area contributed by atoms with Gasteiger partial charge in [-0.1, -0.05) is 12.1 Å². The standard InChI is InChI=1S/C13H15N2O/c1-10(2)16-13-6-4-3-5-11(13)12-7-8-14-9-15-12/h3-10H,1-2H3,(H,14,15). The van der Waals surface area contributed by atoms with Crippen molar-refractivity contribution in [1.29, 1.82) is 0 Å². The van der Waals surface area contributed by atoms with Gasteiger partial charge in [-0.3, -0.25) is 0 Å². The molecule has 1 aliphatic heterocycles. The number of hydrogen-bond donors (Lipinski definition) is 1. The molecule has 0 saturated carbocycles. The van der Waals surface area contributed by atoms with Crippen LogP contribution in [0.1, 0.15) is 19.4 Å². The second kappa shape index (κ2) is 4.84. The molecule has 0 atom stereocenters. The van der Waals surface area contributed by atoms with Crippen LogP contribution in [0.3, 0.4) is 0 Å². The number of benzene rings is 1. The van der Waals surface area contributed by atoms with Crippen LogP contribution < -0.4 is 10.1 Å². The van der Waals surface area contributed by atoms with E-state index < -0.39 is 0 Å². The Kier molecular flexibility index (Phi) is 3.25. The van der Waals surface area contributed by atoms with E-state index in [9.17, 15) is 0 Å². The summed E-state index contributed by atoms with van der Waals surface area (Å²) in [6.45, 7) is 5.89. The summed E-state index contributed by atoms with van der Waals surface area (Å²) in [6.07, 6.45) is 3.76. The Morgan fingerprint density at radius 1 is 1.25 bits per heavy atom. The zero-order valence-electron chi connectivity index (χ0n) is 9.47. The molecule has 0 unspecified atom stereocenters. The van der Waals surface area contributed by atoms with Gasteiger partial charge in [-0.05, 0) is 32.1 Å². The Balaban J connectivity index is 2.32. The third-order valence-corrected chi connectivity index (χ3v) is 2.14. The minimum Gasteiger partial charge on any atom is -0.490 e. The average molecular weight is 215 g/mol. The maximum absolute atomic E-state index is 5.75. The van der Waals surface area contributed by atoms with Crippen molar-refractivity contribution in [2.24, 2.45) is 4.99 Å². The SMILES string of the molecule is CC(C)Oc1ccccc1C1=C[CH]NC=N1. The Bertz CT molecular complexity index is 422. The first kappa shape index (κ1) is 10.7. The second-order valence-corrected chi connectivity index (χ2v) is 3.81. The molecule has 83 valence electrons. The van der Waals surface area contributed by atoms with E-state index in [0.29, 0.717) is 0 Å². The molecule has 0 amide bonds. The van der Waals surface area contributed by atoms with Crippen molar-refractivity contribution in [3.63, 3.8) is 0 Å². The van der Waals surface area contributed by atoms with E-state index >= 15 is 0 Å². The molecule has 3 heteroatoms. The first-order valence-corrected chi connectivity index (χ1v) is 5.35. The van der Waals surface area contributed by atoms with Gasteiger partial charge in [0.25, 0.3) is 0 Å². The number of nitrogens with one attached hydrogen (secondary N) is 1. The number of aliphatic imine (C=N–C) groups is 1. The van der Waals surface area contributed by atoms with Crippen LogP contribution in [0.2, 0.25) is 0 Å². The molecular formula is C13H15N2O. The highest BCUT2D eigenvalue weighted by molar-refractivity contribution is 5.79. The molecule has 1 heterocycles. The highest BCUT2D eigenvalue weighted by Gasteiger charge is 2.09. The van der Waals surface area contributed by atoms with Crippen LogP contribution in [0, 0.1) is 6.54 Å². The minimum atomic E-state index is 0.163. The lowest BCUT2D eigenvalue weighted by atomic mass is 10.1. The number of hydrogen-bond acceptors (Lipinski definition) is 3. The van der Waals surface area contributed by atoms with Gasteiger partial charge in [0, 0.05) is 5.56 Å². The molecule has 0 aromatic heterocycles. The summed E-state index contributed by atoms with van der Waals surface area (Å²) in [6, 6.07) is 7.94. The zero-order chi connectivity index (χ0) is 11.4. The number of ether oxygens (including phenoxy) is 1. The zero-order valence-corrected chi connectivity index (χ0v) is 9.47. The molecule has 0 aliphatic carbocycles. The fourth-order valence-electron chi connectivity index (χ4n) is 1.51. The molecule has 0 bridgehead atoms. The Labute approximate surface area is 95.8 Å². The van der Waals surface area contributed by atoms with E-state index in [2.05, 4.69) is 10.3 Å². The van der Waals surface area contributed by atoms with Crippen LogP contribution in [-0.2, 0) is 0 Å². The molecule has 1 aromatic rings. The summed E-state index contributed by atoms with van der Waals surface area (Å²) in [5, 5.41) is 2.91. The highest BCUT2D eigenvalue weighted by Crippen LogP contribution is 2.28. The fourth-order valence-corrected chi connectivity index (χ4v) is 1.51. The smallest absolute Gasteiger partial charge is 0.129 e. The maximum atomic E-state index is 5.75. The van der Waals surface area contributed by atoms with Gasteiger partial charge in [-0.2, -0.15) is 0 Å². The summed E-state index contributed by atoms with van der Waals surface area (Å²) >= 11 is 0. The minimum absolute atomic E-state index is 0.163. The number of nitrogens with zero attached hydrogens (tertiary/aromatic N) is 1. The van der Waals surface area contributed by atoms with Crippen LogP contribution >= 0.6 is 0 Å². The van der Waals surface area contributed by atoms with Crippen molar-refractivity contribution in [2.75, 3.05) is 0 Å². The van der Waals surface area contributed by atoms with Gasteiger partial charge in [-0.25, -0.2) is 4.99 Å². The molecule has 2 rings (SSSR count). The predicted molar refractivity (Wildman–Crippen MR) is 66.1 cm³/mol. The quantitative estimate of drug-likeness (QED) is 0.840. The average Bonchev–Trinajstić information content (AvgIpc) is 2.30. The third-order valence-electron chi connectivity index (χ3n) is 2.14. The summed E-state index contributed by atoms with van der Waals surface area (Å²) in [5.74, 6) is 0.871. The lowest BCUT2D eigenvalue weighted by molar-refractivity contribution is 0.241. The first-order chi connectivity index (χ1) is 7.77. The first-order valence-electron chi connectivity index (χ1n) is 5.35. The Morgan fingerprint density at radius 2 is 2.06 bits per heavy atom. The van der Waals surface area contributed by atoms with Crippen molar-refractivity contribution in [3.8, 4) is 5.75 Å². The molecule has 16 heavy (non-hydrogen) atoms. The van der Waals surface area contributed by atoms with Gasteiger partial charge in [0.15, 0.2) is 0 Å². The van der Waals surface area contributed by atoms with Crippen LogP contribution in [0.15, 0.2) is 35.3 Å². The monoisotopic (exact) mass is 215 g/mol. The van der Waals surface area contributed by atoms with Gasteiger partial charge >= 0.3 is 0 Å². The largest absolute Gasteiger partial charge is 0.490 e. The van der Waals surface area contributed by atoms with Crippen molar-refractivity contribution in [1.82, 2.24) is 5.32 Å². The van der Waals surface area contributed by atoms with E-state index in [1.807, 2.05) is 50.7 Å². The van der Waals surface area contributed by atoms with Crippen molar-refractivity contribution in [2.45, 2.75) is 20.0 Å².